The van der Waals surface area contributed by atoms with Crippen LogP contribution in [0.3, 0.4) is 0 Å². The molecule has 0 saturated heterocycles. The fraction of sp³-hybridized carbons (Fsp3) is 0.867. The van der Waals surface area contributed by atoms with Gasteiger partial charge in [0.2, 0.25) is 0 Å². The molecule has 0 N–H and O–H groups in total. The van der Waals surface area contributed by atoms with Crippen molar-refractivity contribution in [3.05, 3.63) is 0 Å². The standard InChI is InChI=1S/C15H26Br2O4/c1-12(16)10-14(18)20-8-6-4-3-5-7-9-21-15(19)11-13(2)17/h12-13H,3-11H2,1-2H3. The third kappa shape index (κ3) is 16.1. The van der Waals surface area contributed by atoms with E-state index in [9.17, 15) is 9.59 Å². The van der Waals surface area contributed by atoms with Crippen LogP contribution < -0.4 is 0 Å². The van der Waals surface area contributed by atoms with Crippen molar-refractivity contribution in [3.8, 4) is 0 Å². The minimum atomic E-state index is -0.146. The van der Waals surface area contributed by atoms with Gasteiger partial charge < -0.3 is 9.47 Å². The molecule has 0 aliphatic carbocycles. The maximum atomic E-state index is 11.3. The van der Waals surface area contributed by atoms with E-state index in [1.807, 2.05) is 13.8 Å². The van der Waals surface area contributed by atoms with Crippen LogP contribution in [-0.2, 0) is 19.1 Å². The van der Waals surface area contributed by atoms with Crippen LogP contribution >= 0.6 is 31.9 Å². The normalized spacial score (nSPS) is 13.5. The second kappa shape index (κ2) is 13.6. The molecule has 0 radical (unpaired) electrons. The molecular formula is C15H26Br2O4. The molecule has 2 unspecified atom stereocenters. The first-order valence-electron chi connectivity index (χ1n) is 7.51. The van der Waals surface area contributed by atoms with Crippen LogP contribution in [0.25, 0.3) is 0 Å². The molecule has 0 spiro atoms. The van der Waals surface area contributed by atoms with Gasteiger partial charge in [-0.3, -0.25) is 9.59 Å². The fourth-order valence-corrected chi connectivity index (χ4v) is 2.21. The van der Waals surface area contributed by atoms with Crippen molar-refractivity contribution in [3.63, 3.8) is 0 Å². The van der Waals surface area contributed by atoms with Gasteiger partial charge in [0, 0.05) is 9.65 Å². The highest BCUT2D eigenvalue weighted by Crippen LogP contribution is 2.08. The van der Waals surface area contributed by atoms with Gasteiger partial charge >= 0.3 is 11.9 Å². The van der Waals surface area contributed by atoms with Crippen LogP contribution in [0.1, 0.15) is 58.8 Å². The van der Waals surface area contributed by atoms with Gasteiger partial charge in [-0.2, -0.15) is 0 Å². The molecule has 2 atom stereocenters. The van der Waals surface area contributed by atoms with E-state index in [0.717, 1.165) is 32.1 Å². The number of carbonyl (C=O) groups is 2. The van der Waals surface area contributed by atoms with Gasteiger partial charge in [0.1, 0.15) is 0 Å². The van der Waals surface area contributed by atoms with Crippen LogP contribution in [0.2, 0.25) is 0 Å². The maximum absolute atomic E-state index is 11.3. The summed E-state index contributed by atoms with van der Waals surface area (Å²) in [5.41, 5.74) is 0. The van der Waals surface area contributed by atoms with Crippen molar-refractivity contribution in [1.82, 2.24) is 0 Å². The van der Waals surface area contributed by atoms with E-state index in [2.05, 4.69) is 31.9 Å². The van der Waals surface area contributed by atoms with Crippen molar-refractivity contribution < 1.29 is 19.1 Å². The number of hydrogen-bond donors (Lipinski definition) is 0. The molecule has 0 heterocycles. The van der Waals surface area contributed by atoms with Gasteiger partial charge in [0.25, 0.3) is 0 Å². The molecule has 0 aliphatic rings. The smallest absolute Gasteiger partial charge is 0.306 e. The van der Waals surface area contributed by atoms with Gasteiger partial charge in [-0.1, -0.05) is 65.0 Å². The minimum absolute atomic E-state index is 0.146. The molecular weight excluding hydrogens is 404 g/mol. The Bertz CT molecular complexity index is 265. The number of ether oxygens (including phenoxy) is 2. The summed E-state index contributed by atoms with van der Waals surface area (Å²) in [6, 6.07) is 0. The van der Waals surface area contributed by atoms with Gasteiger partial charge in [-0.05, 0) is 12.8 Å². The number of rotatable bonds is 12. The van der Waals surface area contributed by atoms with Gasteiger partial charge in [0.15, 0.2) is 0 Å². The fourth-order valence-electron chi connectivity index (χ4n) is 1.68. The summed E-state index contributed by atoms with van der Waals surface area (Å²) in [4.78, 5) is 22.9. The summed E-state index contributed by atoms with van der Waals surface area (Å²) in [7, 11) is 0. The molecule has 0 aliphatic heterocycles. The number of hydrogen-bond acceptors (Lipinski definition) is 4. The number of carbonyl (C=O) groups excluding carboxylic acids is 2. The Labute approximate surface area is 144 Å². The molecule has 0 bridgehead atoms. The number of halogens is 2. The van der Waals surface area contributed by atoms with Crippen molar-refractivity contribution in [2.45, 2.75) is 68.4 Å². The maximum Gasteiger partial charge on any atom is 0.306 e. The summed E-state index contributed by atoms with van der Waals surface area (Å²) in [5, 5.41) is 0. The number of esters is 2. The van der Waals surface area contributed by atoms with Gasteiger partial charge in [-0.15, -0.1) is 0 Å². The molecule has 0 saturated carbocycles. The summed E-state index contributed by atoms with van der Waals surface area (Å²) in [6.07, 6.45) is 5.75. The number of alkyl halides is 2. The lowest BCUT2D eigenvalue weighted by atomic mass is 10.1. The molecule has 0 fully saturated rings. The lowest BCUT2D eigenvalue weighted by molar-refractivity contribution is -0.144. The highest BCUT2D eigenvalue weighted by molar-refractivity contribution is 9.09. The molecule has 21 heavy (non-hydrogen) atoms. The average molecular weight is 430 g/mol. The second-order valence-electron chi connectivity index (χ2n) is 5.18. The van der Waals surface area contributed by atoms with Crippen LogP contribution in [0.15, 0.2) is 0 Å². The van der Waals surface area contributed by atoms with E-state index in [-0.39, 0.29) is 21.6 Å². The largest absolute Gasteiger partial charge is 0.466 e. The highest BCUT2D eigenvalue weighted by Gasteiger charge is 2.07. The SMILES string of the molecule is CC(Br)CC(=O)OCCCCCCCOC(=O)CC(C)Br. The van der Waals surface area contributed by atoms with Crippen LogP contribution in [0.5, 0.6) is 0 Å². The molecule has 0 aromatic rings. The Morgan fingerprint density at radius 3 is 1.43 bits per heavy atom. The van der Waals surface area contributed by atoms with Crippen LogP contribution in [-0.4, -0.2) is 34.8 Å². The molecule has 0 aromatic carbocycles. The predicted octanol–water partition coefficient (Wildman–Crippen LogP) is 4.37. The summed E-state index contributed by atoms with van der Waals surface area (Å²) in [6.45, 7) is 4.84. The quantitative estimate of drug-likeness (QED) is 0.262. The topological polar surface area (TPSA) is 52.6 Å². The third-order valence-corrected chi connectivity index (χ3v) is 3.36. The van der Waals surface area contributed by atoms with E-state index in [1.165, 1.54) is 0 Å². The molecule has 0 aromatic heterocycles. The van der Waals surface area contributed by atoms with Crippen LogP contribution in [0, 0.1) is 0 Å². The van der Waals surface area contributed by atoms with E-state index in [0.29, 0.717) is 26.1 Å². The van der Waals surface area contributed by atoms with Gasteiger partial charge in [0.05, 0.1) is 26.1 Å². The van der Waals surface area contributed by atoms with Crippen molar-refractivity contribution in [2.24, 2.45) is 0 Å². The predicted molar refractivity (Wildman–Crippen MR) is 91.0 cm³/mol. The zero-order valence-corrected chi connectivity index (χ0v) is 16.1. The Kier molecular flexibility index (Phi) is 13.5. The lowest BCUT2D eigenvalue weighted by Gasteiger charge is -2.07. The molecule has 0 amide bonds. The van der Waals surface area contributed by atoms with Crippen molar-refractivity contribution in [2.75, 3.05) is 13.2 Å². The van der Waals surface area contributed by atoms with Crippen LogP contribution in [0.4, 0.5) is 0 Å². The first kappa shape index (κ1) is 20.9. The molecule has 4 nitrogen and oxygen atoms in total. The average Bonchev–Trinajstić information content (AvgIpc) is 2.34. The second-order valence-corrected chi connectivity index (χ2v) is 8.30. The first-order valence-corrected chi connectivity index (χ1v) is 9.34. The zero-order valence-electron chi connectivity index (χ0n) is 12.9. The Morgan fingerprint density at radius 1 is 0.762 bits per heavy atom. The first-order chi connectivity index (χ1) is 9.91. The Hall–Kier alpha value is -0.100. The van der Waals surface area contributed by atoms with Crippen molar-refractivity contribution in [1.29, 1.82) is 0 Å². The minimum Gasteiger partial charge on any atom is -0.466 e. The Balaban J connectivity index is 3.26. The molecule has 124 valence electrons. The third-order valence-electron chi connectivity index (χ3n) is 2.71. The summed E-state index contributed by atoms with van der Waals surface area (Å²) < 4.78 is 10.2. The monoisotopic (exact) mass is 428 g/mol. The summed E-state index contributed by atoms with van der Waals surface area (Å²) >= 11 is 6.63. The molecule has 6 heteroatoms. The lowest BCUT2D eigenvalue weighted by Crippen LogP contribution is -2.10. The van der Waals surface area contributed by atoms with E-state index >= 15 is 0 Å². The van der Waals surface area contributed by atoms with E-state index in [1.54, 1.807) is 0 Å². The van der Waals surface area contributed by atoms with Gasteiger partial charge in [-0.25, -0.2) is 0 Å². The Morgan fingerprint density at radius 2 is 1.10 bits per heavy atom. The molecule has 0 rings (SSSR count). The van der Waals surface area contributed by atoms with E-state index < -0.39 is 0 Å². The highest BCUT2D eigenvalue weighted by atomic mass is 79.9. The summed E-state index contributed by atoms with van der Waals surface area (Å²) in [5.74, 6) is -0.292. The van der Waals surface area contributed by atoms with E-state index in [4.69, 9.17) is 9.47 Å². The van der Waals surface area contributed by atoms with Crippen molar-refractivity contribution >= 4 is 43.8 Å². The zero-order chi connectivity index (χ0) is 16.1. The number of unbranched alkanes of at least 4 members (excludes halogenated alkanes) is 4.